The molecule has 1 aliphatic carbocycles. The number of nitrogens with one attached hydrogen (secondary N) is 2. The molecular formula is C18H37IN4O. The van der Waals surface area contributed by atoms with Gasteiger partial charge in [-0.3, -0.25) is 9.79 Å². The molecule has 5 nitrogen and oxygen atoms in total. The summed E-state index contributed by atoms with van der Waals surface area (Å²) in [7, 11) is 0. The Bertz CT molecular complexity index is 377. The molecule has 2 N–H and O–H groups in total. The third-order valence-electron chi connectivity index (χ3n) is 5.08. The van der Waals surface area contributed by atoms with Gasteiger partial charge in [0.1, 0.15) is 0 Å². The minimum Gasteiger partial charge on any atom is -0.357 e. The Morgan fingerprint density at radius 3 is 2.21 bits per heavy atom. The summed E-state index contributed by atoms with van der Waals surface area (Å²) in [6.45, 7) is 12.3. The molecular weight excluding hydrogens is 415 g/mol. The fourth-order valence-corrected chi connectivity index (χ4v) is 3.36. The minimum atomic E-state index is 0. The maximum Gasteiger partial charge on any atom is 0.224 e. The molecule has 0 radical (unpaired) electrons. The molecule has 1 fully saturated rings. The number of aliphatic imine (C=N–C) groups is 1. The van der Waals surface area contributed by atoms with E-state index in [0.717, 1.165) is 32.1 Å². The molecule has 1 rings (SSSR count). The van der Waals surface area contributed by atoms with Gasteiger partial charge in [-0.25, -0.2) is 0 Å². The molecule has 1 saturated carbocycles. The normalized spacial score (nSPS) is 16.4. The van der Waals surface area contributed by atoms with Crippen molar-refractivity contribution in [3.63, 3.8) is 0 Å². The summed E-state index contributed by atoms with van der Waals surface area (Å²) in [5.41, 5.74) is 0.402. The molecule has 6 heteroatoms. The quantitative estimate of drug-likeness (QED) is 0.320. The molecule has 0 aromatic carbocycles. The summed E-state index contributed by atoms with van der Waals surface area (Å²) in [5.74, 6) is 1.05. The van der Waals surface area contributed by atoms with Gasteiger partial charge in [0.25, 0.3) is 0 Å². The van der Waals surface area contributed by atoms with Crippen molar-refractivity contribution in [2.45, 2.75) is 66.2 Å². The Kier molecular flexibility index (Phi) is 12.5. The molecule has 1 amide bonds. The Hall–Kier alpha value is -0.530. The van der Waals surface area contributed by atoms with Gasteiger partial charge in [-0.05, 0) is 45.4 Å². The van der Waals surface area contributed by atoms with Gasteiger partial charge in [-0.2, -0.15) is 0 Å². The number of halogens is 1. The van der Waals surface area contributed by atoms with Crippen LogP contribution in [0.15, 0.2) is 4.99 Å². The zero-order valence-electron chi connectivity index (χ0n) is 16.0. The molecule has 0 spiro atoms. The van der Waals surface area contributed by atoms with Gasteiger partial charge >= 0.3 is 0 Å². The lowest BCUT2D eigenvalue weighted by Gasteiger charge is -2.25. The van der Waals surface area contributed by atoms with E-state index in [2.05, 4.69) is 24.5 Å². The second-order valence-corrected chi connectivity index (χ2v) is 6.50. The Morgan fingerprint density at radius 2 is 1.71 bits per heavy atom. The Morgan fingerprint density at radius 1 is 1.08 bits per heavy atom. The van der Waals surface area contributed by atoms with Crippen molar-refractivity contribution >= 4 is 35.8 Å². The van der Waals surface area contributed by atoms with Crippen molar-refractivity contribution in [3.05, 3.63) is 0 Å². The smallest absolute Gasteiger partial charge is 0.224 e. The maximum atomic E-state index is 12.0. The molecule has 142 valence electrons. The first-order chi connectivity index (χ1) is 11.1. The van der Waals surface area contributed by atoms with E-state index < -0.39 is 0 Å². The van der Waals surface area contributed by atoms with Crippen molar-refractivity contribution in [1.82, 2.24) is 15.5 Å². The van der Waals surface area contributed by atoms with Crippen LogP contribution in [0.3, 0.4) is 0 Å². The van der Waals surface area contributed by atoms with E-state index in [0.29, 0.717) is 18.4 Å². The Balaban J connectivity index is 0.00000529. The Labute approximate surface area is 165 Å². The van der Waals surface area contributed by atoms with Crippen molar-refractivity contribution in [2.75, 3.05) is 32.7 Å². The predicted octanol–water partition coefficient (Wildman–Crippen LogP) is 3.39. The first-order valence-electron chi connectivity index (χ1n) is 9.40. The van der Waals surface area contributed by atoms with Crippen LogP contribution in [0.4, 0.5) is 0 Å². The number of carbonyl (C=O) groups excluding carboxylic acids is 1. The van der Waals surface area contributed by atoms with Crippen LogP contribution in [0, 0.1) is 5.41 Å². The molecule has 0 aromatic heterocycles. The first kappa shape index (κ1) is 23.5. The van der Waals surface area contributed by atoms with Crippen molar-refractivity contribution in [3.8, 4) is 0 Å². The fourth-order valence-electron chi connectivity index (χ4n) is 3.36. The van der Waals surface area contributed by atoms with Gasteiger partial charge in [0.05, 0.1) is 0 Å². The second-order valence-electron chi connectivity index (χ2n) is 6.50. The van der Waals surface area contributed by atoms with Crippen LogP contribution in [-0.4, -0.2) is 49.5 Å². The molecule has 24 heavy (non-hydrogen) atoms. The van der Waals surface area contributed by atoms with Gasteiger partial charge in [0, 0.05) is 39.1 Å². The number of hydrogen-bond acceptors (Lipinski definition) is 2. The molecule has 0 aliphatic heterocycles. The molecule has 0 bridgehead atoms. The highest BCUT2D eigenvalue weighted by Gasteiger charge is 2.31. The number of amides is 1. The molecule has 0 atom stereocenters. The number of hydrogen-bond donors (Lipinski definition) is 2. The van der Waals surface area contributed by atoms with Gasteiger partial charge in [0.2, 0.25) is 5.91 Å². The van der Waals surface area contributed by atoms with Crippen LogP contribution >= 0.6 is 24.0 Å². The molecule has 0 heterocycles. The summed E-state index contributed by atoms with van der Waals surface area (Å²) in [6.07, 6.45) is 7.00. The lowest BCUT2D eigenvalue weighted by atomic mass is 9.84. The van der Waals surface area contributed by atoms with Crippen molar-refractivity contribution < 1.29 is 4.79 Å². The third kappa shape index (κ3) is 7.57. The molecule has 1 aliphatic rings. The van der Waals surface area contributed by atoms with Crippen LogP contribution < -0.4 is 10.6 Å². The maximum absolute atomic E-state index is 12.0. The van der Waals surface area contributed by atoms with Crippen molar-refractivity contribution in [2.24, 2.45) is 10.4 Å². The van der Waals surface area contributed by atoms with E-state index >= 15 is 0 Å². The van der Waals surface area contributed by atoms with Crippen LogP contribution in [0.5, 0.6) is 0 Å². The van der Waals surface area contributed by atoms with E-state index in [1.807, 2.05) is 18.7 Å². The summed E-state index contributed by atoms with van der Waals surface area (Å²) in [6, 6.07) is 0. The minimum absolute atomic E-state index is 0. The van der Waals surface area contributed by atoms with Gasteiger partial charge in [0.15, 0.2) is 5.96 Å². The predicted molar refractivity (Wildman–Crippen MR) is 113 cm³/mol. The number of rotatable bonds is 9. The first-order valence-corrected chi connectivity index (χ1v) is 9.40. The fraction of sp³-hybridized carbons (Fsp3) is 0.889. The van der Waals surface area contributed by atoms with Crippen LogP contribution in [0.2, 0.25) is 0 Å². The van der Waals surface area contributed by atoms with Gasteiger partial charge in [-0.15, -0.1) is 24.0 Å². The highest BCUT2D eigenvalue weighted by molar-refractivity contribution is 14.0. The SMILES string of the molecule is CCNC(=NCC1(CC)CCCC1)NCCC(=O)N(CC)CC.I. The average molecular weight is 452 g/mol. The largest absolute Gasteiger partial charge is 0.357 e. The monoisotopic (exact) mass is 452 g/mol. The standard InChI is InChI=1S/C18H36N4O.HI/c1-5-18(12-9-10-13-18)15-21-17(19-6-2)20-14-11-16(23)22(7-3)8-4;/h5-15H2,1-4H3,(H2,19,20,21);1H. The third-order valence-corrected chi connectivity index (χ3v) is 5.08. The number of guanidine groups is 1. The van der Waals surface area contributed by atoms with Crippen LogP contribution in [0.25, 0.3) is 0 Å². The van der Waals surface area contributed by atoms with E-state index in [1.54, 1.807) is 0 Å². The topological polar surface area (TPSA) is 56.7 Å². The number of carbonyl (C=O) groups is 1. The zero-order chi connectivity index (χ0) is 17.1. The van der Waals surface area contributed by atoms with Gasteiger partial charge in [-0.1, -0.05) is 19.8 Å². The average Bonchev–Trinajstić information content (AvgIpc) is 3.03. The molecule has 0 saturated heterocycles. The number of nitrogens with zero attached hydrogens (tertiary/aromatic N) is 2. The van der Waals surface area contributed by atoms with Crippen molar-refractivity contribution in [1.29, 1.82) is 0 Å². The molecule has 0 aromatic rings. The van der Waals surface area contributed by atoms with E-state index in [9.17, 15) is 4.79 Å². The van der Waals surface area contributed by atoms with E-state index in [4.69, 9.17) is 4.99 Å². The van der Waals surface area contributed by atoms with E-state index in [-0.39, 0.29) is 29.9 Å². The summed E-state index contributed by atoms with van der Waals surface area (Å²) < 4.78 is 0. The lowest BCUT2D eigenvalue weighted by Crippen LogP contribution is -2.40. The summed E-state index contributed by atoms with van der Waals surface area (Å²) in [5, 5.41) is 6.60. The lowest BCUT2D eigenvalue weighted by molar-refractivity contribution is -0.130. The zero-order valence-corrected chi connectivity index (χ0v) is 18.3. The highest BCUT2D eigenvalue weighted by atomic mass is 127. The highest BCUT2D eigenvalue weighted by Crippen LogP contribution is 2.41. The van der Waals surface area contributed by atoms with Crippen LogP contribution in [0.1, 0.15) is 66.2 Å². The second kappa shape index (κ2) is 12.8. The summed E-state index contributed by atoms with van der Waals surface area (Å²) in [4.78, 5) is 18.7. The van der Waals surface area contributed by atoms with Crippen LogP contribution in [-0.2, 0) is 4.79 Å². The summed E-state index contributed by atoms with van der Waals surface area (Å²) >= 11 is 0. The van der Waals surface area contributed by atoms with Gasteiger partial charge < -0.3 is 15.5 Å². The molecule has 0 unspecified atom stereocenters. The van der Waals surface area contributed by atoms with E-state index in [1.165, 1.54) is 32.1 Å².